The third-order valence-corrected chi connectivity index (χ3v) is 2.92. The topological polar surface area (TPSA) is 80.9 Å². The molecule has 0 aliphatic carbocycles. The van der Waals surface area contributed by atoms with Crippen LogP contribution in [0, 0.1) is 5.82 Å². The predicted octanol–water partition coefficient (Wildman–Crippen LogP) is 2.60. The molecule has 1 amide bonds. The summed E-state index contributed by atoms with van der Waals surface area (Å²) in [5.41, 5.74) is 7.32. The van der Waals surface area contributed by atoms with Crippen LogP contribution >= 0.6 is 0 Å². The number of nitrogens with zero attached hydrogens (tertiary/aromatic N) is 2. The zero-order valence-electron chi connectivity index (χ0n) is 10.9. The number of nitrogens with two attached hydrogens (primary N) is 1. The Balaban J connectivity index is 1.91. The molecule has 0 saturated carbocycles. The largest absolute Gasteiger partial charge is 0.399 e. The van der Waals surface area contributed by atoms with E-state index in [1.165, 1.54) is 24.4 Å². The van der Waals surface area contributed by atoms with E-state index in [0.29, 0.717) is 16.7 Å². The second-order valence-corrected chi connectivity index (χ2v) is 4.44. The van der Waals surface area contributed by atoms with Gasteiger partial charge in [-0.05, 0) is 30.3 Å². The van der Waals surface area contributed by atoms with Crippen molar-refractivity contribution in [1.29, 1.82) is 0 Å². The Morgan fingerprint density at radius 3 is 2.71 bits per heavy atom. The van der Waals surface area contributed by atoms with Crippen LogP contribution in [0.4, 0.5) is 15.8 Å². The van der Waals surface area contributed by atoms with E-state index in [0.717, 1.165) is 0 Å². The van der Waals surface area contributed by atoms with Crippen molar-refractivity contribution in [2.75, 3.05) is 11.1 Å². The van der Waals surface area contributed by atoms with E-state index in [1.807, 2.05) is 6.07 Å². The third-order valence-electron chi connectivity index (χ3n) is 2.92. The Bertz CT molecular complexity index is 835. The van der Waals surface area contributed by atoms with Gasteiger partial charge < -0.3 is 11.1 Å². The highest BCUT2D eigenvalue weighted by Gasteiger charge is 2.12. The van der Waals surface area contributed by atoms with Gasteiger partial charge in [0.1, 0.15) is 11.5 Å². The summed E-state index contributed by atoms with van der Waals surface area (Å²) >= 11 is 0. The SMILES string of the molecule is Nc1ccc(F)c(NC(=O)c2cnc3ccccc3n2)c1. The summed E-state index contributed by atoms with van der Waals surface area (Å²) in [4.78, 5) is 20.4. The van der Waals surface area contributed by atoms with Crippen LogP contribution in [0.25, 0.3) is 11.0 Å². The van der Waals surface area contributed by atoms with Crippen molar-refractivity contribution >= 4 is 28.3 Å². The molecule has 0 fully saturated rings. The molecule has 1 heterocycles. The van der Waals surface area contributed by atoms with Gasteiger partial charge >= 0.3 is 0 Å². The number of fused-ring (bicyclic) bond motifs is 1. The van der Waals surface area contributed by atoms with E-state index in [9.17, 15) is 9.18 Å². The molecule has 6 heteroatoms. The van der Waals surface area contributed by atoms with Crippen molar-refractivity contribution in [1.82, 2.24) is 9.97 Å². The molecule has 104 valence electrons. The minimum atomic E-state index is -0.564. The number of nitrogen functional groups attached to an aromatic ring is 1. The van der Waals surface area contributed by atoms with E-state index in [2.05, 4.69) is 15.3 Å². The Kier molecular flexibility index (Phi) is 3.19. The molecule has 0 aliphatic rings. The normalized spacial score (nSPS) is 10.5. The number of para-hydroxylation sites is 2. The molecule has 0 radical (unpaired) electrons. The predicted molar refractivity (Wildman–Crippen MR) is 78.3 cm³/mol. The fourth-order valence-corrected chi connectivity index (χ4v) is 1.89. The lowest BCUT2D eigenvalue weighted by Gasteiger charge is -2.07. The van der Waals surface area contributed by atoms with Crippen LogP contribution in [0.3, 0.4) is 0 Å². The lowest BCUT2D eigenvalue weighted by atomic mass is 10.2. The van der Waals surface area contributed by atoms with E-state index in [1.54, 1.807) is 18.2 Å². The Morgan fingerprint density at radius 1 is 1.14 bits per heavy atom. The number of hydrogen-bond acceptors (Lipinski definition) is 4. The molecule has 3 N–H and O–H groups in total. The van der Waals surface area contributed by atoms with Crippen LogP contribution in [0.15, 0.2) is 48.7 Å². The zero-order chi connectivity index (χ0) is 14.8. The summed E-state index contributed by atoms with van der Waals surface area (Å²) in [6.07, 6.45) is 1.35. The van der Waals surface area contributed by atoms with Gasteiger partial charge in [-0.1, -0.05) is 12.1 Å². The minimum absolute atomic E-state index is 0.00922. The summed E-state index contributed by atoms with van der Waals surface area (Å²) in [6.45, 7) is 0. The van der Waals surface area contributed by atoms with Gasteiger partial charge in [-0.25, -0.2) is 9.37 Å². The van der Waals surface area contributed by atoms with Crippen LogP contribution in [0.2, 0.25) is 0 Å². The molecule has 2 aromatic carbocycles. The van der Waals surface area contributed by atoms with Crippen molar-refractivity contribution < 1.29 is 9.18 Å². The van der Waals surface area contributed by atoms with Crippen LogP contribution in [0.5, 0.6) is 0 Å². The standard InChI is InChI=1S/C15H11FN4O/c16-10-6-5-9(17)7-13(10)20-15(21)14-8-18-11-3-1-2-4-12(11)19-14/h1-8H,17H2,(H,20,21). The van der Waals surface area contributed by atoms with Gasteiger partial charge in [-0.2, -0.15) is 0 Å². The van der Waals surface area contributed by atoms with Crippen LogP contribution in [-0.4, -0.2) is 15.9 Å². The zero-order valence-corrected chi connectivity index (χ0v) is 10.9. The molecule has 21 heavy (non-hydrogen) atoms. The molecule has 3 aromatic rings. The molecule has 0 aliphatic heterocycles. The first-order valence-corrected chi connectivity index (χ1v) is 6.21. The molecule has 3 rings (SSSR count). The summed E-state index contributed by atoms with van der Waals surface area (Å²) < 4.78 is 13.6. The maximum absolute atomic E-state index is 13.6. The Hall–Kier alpha value is -3.02. The smallest absolute Gasteiger partial charge is 0.275 e. The van der Waals surface area contributed by atoms with Gasteiger partial charge in [0.25, 0.3) is 5.91 Å². The molecule has 0 spiro atoms. The van der Waals surface area contributed by atoms with E-state index in [-0.39, 0.29) is 11.4 Å². The highest BCUT2D eigenvalue weighted by molar-refractivity contribution is 6.03. The summed E-state index contributed by atoms with van der Waals surface area (Å²) in [5.74, 6) is -1.11. The first-order chi connectivity index (χ1) is 10.1. The van der Waals surface area contributed by atoms with Crippen molar-refractivity contribution in [2.45, 2.75) is 0 Å². The first-order valence-electron chi connectivity index (χ1n) is 6.21. The number of rotatable bonds is 2. The van der Waals surface area contributed by atoms with Crippen molar-refractivity contribution in [3.05, 3.63) is 60.2 Å². The second kappa shape index (κ2) is 5.16. The van der Waals surface area contributed by atoms with Crippen molar-refractivity contribution in [3.8, 4) is 0 Å². The summed E-state index contributed by atoms with van der Waals surface area (Å²) in [7, 11) is 0. The molecular weight excluding hydrogens is 271 g/mol. The monoisotopic (exact) mass is 282 g/mol. The number of amides is 1. The molecular formula is C15H11FN4O. The first kappa shape index (κ1) is 13.0. The second-order valence-electron chi connectivity index (χ2n) is 4.44. The molecule has 1 aromatic heterocycles. The van der Waals surface area contributed by atoms with Gasteiger partial charge in [0.15, 0.2) is 0 Å². The molecule has 0 unspecified atom stereocenters. The van der Waals surface area contributed by atoms with Gasteiger partial charge in [0.2, 0.25) is 0 Å². The minimum Gasteiger partial charge on any atom is -0.399 e. The average molecular weight is 282 g/mol. The maximum atomic E-state index is 13.6. The maximum Gasteiger partial charge on any atom is 0.275 e. The quantitative estimate of drug-likeness (QED) is 0.708. The van der Waals surface area contributed by atoms with Crippen molar-refractivity contribution in [3.63, 3.8) is 0 Å². The number of benzene rings is 2. The molecule has 5 nitrogen and oxygen atoms in total. The lowest BCUT2D eigenvalue weighted by molar-refractivity contribution is 0.102. The molecule has 0 saturated heterocycles. The van der Waals surface area contributed by atoms with Crippen LogP contribution in [0.1, 0.15) is 10.5 Å². The average Bonchev–Trinajstić information content (AvgIpc) is 2.50. The number of anilines is 2. The third kappa shape index (κ3) is 2.64. The highest BCUT2D eigenvalue weighted by Crippen LogP contribution is 2.18. The number of aromatic nitrogens is 2. The van der Waals surface area contributed by atoms with E-state index < -0.39 is 11.7 Å². The van der Waals surface area contributed by atoms with Crippen LogP contribution in [-0.2, 0) is 0 Å². The van der Waals surface area contributed by atoms with Crippen LogP contribution < -0.4 is 11.1 Å². The Labute approximate surface area is 119 Å². The number of nitrogens with one attached hydrogen (secondary N) is 1. The van der Waals surface area contributed by atoms with E-state index in [4.69, 9.17) is 5.73 Å². The summed E-state index contributed by atoms with van der Waals surface area (Å²) in [5, 5.41) is 2.44. The van der Waals surface area contributed by atoms with Gasteiger partial charge in [0, 0.05) is 5.69 Å². The molecule has 0 atom stereocenters. The fraction of sp³-hybridized carbons (Fsp3) is 0. The van der Waals surface area contributed by atoms with Crippen molar-refractivity contribution in [2.24, 2.45) is 0 Å². The van der Waals surface area contributed by atoms with Gasteiger partial charge in [-0.3, -0.25) is 9.78 Å². The highest BCUT2D eigenvalue weighted by atomic mass is 19.1. The number of halogens is 1. The van der Waals surface area contributed by atoms with E-state index >= 15 is 0 Å². The number of carbonyl (C=O) groups excluding carboxylic acids is 1. The lowest BCUT2D eigenvalue weighted by Crippen LogP contribution is -2.15. The molecule has 0 bridgehead atoms. The summed E-state index contributed by atoms with van der Waals surface area (Å²) in [6, 6.07) is 11.1. The number of carbonyl (C=O) groups is 1. The van der Waals surface area contributed by atoms with Gasteiger partial charge in [0.05, 0.1) is 22.9 Å². The number of hydrogen-bond donors (Lipinski definition) is 2. The van der Waals surface area contributed by atoms with Gasteiger partial charge in [-0.15, -0.1) is 0 Å². The Morgan fingerprint density at radius 2 is 1.90 bits per heavy atom. The fourth-order valence-electron chi connectivity index (χ4n) is 1.89.